The summed E-state index contributed by atoms with van der Waals surface area (Å²) in [6.07, 6.45) is 19.2. The van der Waals surface area contributed by atoms with Gasteiger partial charge in [-0.1, -0.05) is 102 Å². The van der Waals surface area contributed by atoms with Crippen LogP contribution in [0.2, 0.25) is 5.02 Å². The van der Waals surface area contributed by atoms with Crippen LogP contribution in [-0.2, 0) is 0 Å². The minimum atomic E-state index is 0.698. The molecule has 0 aromatic heterocycles. The highest BCUT2D eigenvalue weighted by atomic mass is 35.5. The standard InChI is InChI=1S/C28H41ClN2O/c1-2-3-4-5-6-7-8-9-10-11-12-13-14-15-24-32-28-22-20-27(21-23-28)31-30-26-18-16-25(29)17-19-26/h16-23H,2-15,24H2,1H3. The lowest BCUT2D eigenvalue weighted by Gasteiger charge is -2.06. The highest BCUT2D eigenvalue weighted by Crippen LogP contribution is 2.22. The van der Waals surface area contributed by atoms with Gasteiger partial charge >= 0.3 is 0 Å². The van der Waals surface area contributed by atoms with E-state index in [1.165, 1.54) is 83.5 Å². The summed E-state index contributed by atoms with van der Waals surface area (Å²) in [5, 5.41) is 9.17. The molecule has 0 radical (unpaired) electrons. The van der Waals surface area contributed by atoms with E-state index in [0.717, 1.165) is 30.2 Å². The number of azo groups is 1. The molecule has 0 saturated heterocycles. The van der Waals surface area contributed by atoms with Crippen molar-refractivity contribution >= 4 is 23.0 Å². The van der Waals surface area contributed by atoms with E-state index >= 15 is 0 Å². The highest BCUT2D eigenvalue weighted by molar-refractivity contribution is 6.30. The zero-order valence-corrected chi connectivity index (χ0v) is 20.7. The van der Waals surface area contributed by atoms with Crippen LogP contribution < -0.4 is 4.74 Å². The number of hydrogen-bond acceptors (Lipinski definition) is 3. The number of nitrogens with zero attached hydrogens (tertiary/aromatic N) is 2. The zero-order chi connectivity index (χ0) is 22.7. The van der Waals surface area contributed by atoms with Gasteiger partial charge in [0.15, 0.2) is 0 Å². The number of ether oxygens (including phenoxy) is 1. The van der Waals surface area contributed by atoms with Gasteiger partial charge < -0.3 is 4.74 Å². The fourth-order valence-electron chi connectivity index (χ4n) is 3.72. The molecule has 0 aliphatic heterocycles. The van der Waals surface area contributed by atoms with Crippen LogP contribution in [0.25, 0.3) is 0 Å². The third kappa shape index (κ3) is 12.9. The van der Waals surface area contributed by atoms with Crippen molar-refractivity contribution in [1.82, 2.24) is 0 Å². The van der Waals surface area contributed by atoms with Crippen LogP contribution in [0.4, 0.5) is 11.4 Å². The molecule has 2 rings (SSSR count). The van der Waals surface area contributed by atoms with Crippen LogP contribution in [0.1, 0.15) is 96.8 Å². The van der Waals surface area contributed by atoms with Crippen molar-refractivity contribution in [1.29, 1.82) is 0 Å². The molecular formula is C28H41ClN2O. The molecule has 3 nitrogen and oxygen atoms in total. The summed E-state index contributed by atoms with van der Waals surface area (Å²) < 4.78 is 5.86. The molecule has 4 heteroatoms. The second-order valence-electron chi connectivity index (χ2n) is 8.61. The normalized spacial score (nSPS) is 11.3. The molecule has 2 aromatic carbocycles. The van der Waals surface area contributed by atoms with E-state index in [-0.39, 0.29) is 0 Å². The topological polar surface area (TPSA) is 34.0 Å². The first-order valence-electron chi connectivity index (χ1n) is 12.7. The van der Waals surface area contributed by atoms with E-state index < -0.39 is 0 Å². The first kappa shape index (κ1) is 26.4. The number of hydrogen-bond donors (Lipinski definition) is 0. The summed E-state index contributed by atoms with van der Waals surface area (Å²) >= 11 is 5.88. The number of rotatable bonds is 18. The zero-order valence-electron chi connectivity index (χ0n) is 19.9. The molecule has 0 spiro atoms. The van der Waals surface area contributed by atoms with Crippen LogP contribution >= 0.6 is 11.6 Å². The monoisotopic (exact) mass is 456 g/mol. The Hall–Kier alpha value is -1.87. The van der Waals surface area contributed by atoms with Crippen molar-refractivity contribution in [2.75, 3.05) is 6.61 Å². The van der Waals surface area contributed by atoms with Gasteiger partial charge in [0.25, 0.3) is 0 Å². The van der Waals surface area contributed by atoms with Gasteiger partial charge in [0, 0.05) is 5.02 Å². The van der Waals surface area contributed by atoms with Gasteiger partial charge in [-0.25, -0.2) is 0 Å². The second-order valence-corrected chi connectivity index (χ2v) is 9.05. The molecule has 0 fully saturated rings. The van der Waals surface area contributed by atoms with Gasteiger partial charge in [-0.2, -0.15) is 10.2 Å². The average Bonchev–Trinajstić information content (AvgIpc) is 2.82. The molecule has 0 N–H and O–H groups in total. The largest absolute Gasteiger partial charge is 0.494 e. The molecule has 0 saturated carbocycles. The predicted octanol–water partition coefficient (Wildman–Crippen LogP) is 10.6. The van der Waals surface area contributed by atoms with E-state index in [0.29, 0.717) is 5.02 Å². The van der Waals surface area contributed by atoms with Crippen LogP contribution in [0, 0.1) is 0 Å². The SMILES string of the molecule is CCCCCCCCCCCCCCCCOc1ccc(N=Nc2ccc(Cl)cc2)cc1. The third-order valence-corrected chi connectivity index (χ3v) is 5.96. The van der Waals surface area contributed by atoms with Gasteiger partial charge in [0.1, 0.15) is 5.75 Å². The number of halogens is 1. The Balaban J connectivity index is 1.43. The van der Waals surface area contributed by atoms with Gasteiger partial charge in [-0.15, -0.1) is 0 Å². The fraction of sp³-hybridized carbons (Fsp3) is 0.571. The van der Waals surface area contributed by atoms with Crippen molar-refractivity contribution in [3.05, 3.63) is 53.6 Å². The van der Waals surface area contributed by atoms with E-state index in [4.69, 9.17) is 16.3 Å². The molecule has 32 heavy (non-hydrogen) atoms. The molecule has 0 unspecified atom stereocenters. The molecule has 0 heterocycles. The molecule has 0 bridgehead atoms. The van der Waals surface area contributed by atoms with Crippen molar-refractivity contribution in [3.8, 4) is 5.75 Å². The maximum absolute atomic E-state index is 5.88. The summed E-state index contributed by atoms with van der Waals surface area (Å²) in [6, 6.07) is 15.1. The molecule has 0 aliphatic carbocycles. The maximum atomic E-state index is 5.88. The van der Waals surface area contributed by atoms with Crippen LogP contribution in [-0.4, -0.2) is 6.61 Å². The fourth-order valence-corrected chi connectivity index (χ4v) is 3.84. The van der Waals surface area contributed by atoms with Gasteiger partial charge in [-0.3, -0.25) is 0 Å². The minimum absolute atomic E-state index is 0.698. The summed E-state index contributed by atoms with van der Waals surface area (Å²) in [5.41, 5.74) is 1.59. The molecule has 0 aliphatic rings. The Morgan fingerprint density at radius 2 is 0.969 bits per heavy atom. The molecule has 0 atom stereocenters. The molecule has 176 valence electrons. The van der Waals surface area contributed by atoms with E-state index in [9.17, 15) is 0 Å². The van der Waals surface area contributed by atoms with E-state index in [1.807, 2.05) is 48.5 Å². The lowest BCUT2D eigenvalue weighted by molar-refractivity contribution is 0.304. The first-order valence-corrected chi connectivity index (χ1v) is 13.1. The van der Waals surface area contributed by atoms with Crippen LogP contribution in [0.3, 0.4) is 0 Å². The Morgan fingerprint density at radius 3 is 1.44 bits per heavy atom. The molecule has 0 amide bonds. The van der Waals surface area contributed by atoms with Crippen LogP contribution in [0.5, 0.6) is 5.75 Å². The Labute approximate surface area is 200 Å². The quantitative estimate of drug-likeness (QED) is 0.162. The average molecular weight is 457 g/mol. The highest BCUT2D eigenvalue weighted by Gasteiger charge is 1.97. The molecular weight excluding hydrogens is 416 g/mol. The van der Waals surface area contributed by atoms with Crippen molar-refractivity contribution in [3.63, 3.8) is 0 Å². The third-order valence-electron chi connectivity index (χ3n) is 5.71. The summed E-state index contributed by atoms with van der Waals surface area (Å²) in [7, 11) is 0. The van der Waals surface area contributed by atoms with E-state index in [1.54, 1.807) is 0 Å². The summed E-state index contributed by atoms with van der Waals surface area (Å²) in [4.78, 5) is 0. The lowest BCUT2D eigenvalue weighted by Crippen LogP contribution is -1.96. The predicted molar refractivity (Wildman–Crippen MR) is 138 cm³/mol. The van der Waals surface area contributed by atoms with Crippen LogP contribution in [0.15, 0.2) is 58.8 Å². The summed E-state index contributed by atoms with van der Waals surface area (Å²) in [5.74, 6) is 0.894. The van der Waals surface area contributed by atoms with Crippen molar-refractivity contribution < 1.29 is 4.74 Å². The Bertz CT molecular complexity index is 728. The number of benzene rings is 2. The molecule has 2 aromatic rings. The second kappa shape index (κ2) is 17.7. The summed E-state index contributed by atoms with van der Waals surface area (Å²) in [6.45, 7) is 3.06. The Kier molecular flexibility index (Phi) is 14.6. The van der Waals surface area contributed by atoms with Gasteiger partial charge in [-0.05, 0) is 55.0 Å². The van der Waals surface area contributed by atoms with Gasteiger partial charge in [0.2, 0.25) is 0 Å². The van der Waals surface area contributed by atoms with Crippen molar-refractivity contribution in [2.24, 2.45) is 10.2 Å². The first-order chi connectivity index (χ1) is 15.8. The smallest absolute Gasteiger partial charge is 0.119 e. The van der Waals surface area contributed by atoms with Gasteiger partial charge in [0.05, 0.1) is 18.0 Å². The minimum Gasteiger partial charge on any atom is -0.494 e. The lowest BCUT2D eigenvalue weighted by atomic mass is 10.0. The maximum Gasteiger partial charge on any atom is 0.119 e. The number of unbranched alkanes of at least 4 members (excludes halogenated alkanes) is 13. The Morgan fingerprint density at radius 1 is 0.562 bits per heavy atom. The van der Waals surface area contributed by atoms with Crippen molar-refractivity contribution in [2.45, 2.75) is 96.8 Å². The van der Waals surface area contributed by atoms with E-state index in [2.05, 4.69) is 17.2 Å².